The third kappa shape index (κ3) is 5.78. The van der Waals surface area contributed by atoms with Gasteiger partial charge in [-0.05, 0) is 31.7 Å². The number of benzene rings is 1. The second-order valence-corrected chi connectivity index (χ2v) is 6.17. The summed E-state index contributed by atoms with van der Waals surface area (Å²) < 4.78 is 0. The Balaban J connectivity index is 1.77. The number of hydrogen-bond acceptors (Lipinski definition) is 3. The minimum absolute atomic E-state index is 0.152. The maximum atomic E-state index is 12.1. The van der Waals surface area contributed by atoms with Gasteiger partial charge in [-0.2, -0.15) is 5.26 Å². The summed E-state index contributed by atoms with van der Waals surface area (Å²) in [6, 6.07) is 10.6. The molecule has 4 nitrogen and oxygen atoms in total. The average Bonchev–Trinajstić information content (AvgIpc) is 2.57. The molecule has 4 heteroatoms. The molecule has 0 aliphatic heterocycles. The first kappa shape index (κ1) is 17.1. The summed E-state index contributed by atoms with van der Waals surface area (Å²) in [5.74, 6) is -0.262. The summed E-state index contributed by atoms with van der Waals surface area (Å²) in [6.45, 7) is 2.76. The minimum Gasteiger partial charge on any atom is -0.389 e. The van der Waals surface area contributed by atoms with Crippen molar-refractivity contribution in [2.24, 2.45) is 0 Å². The van der Waals surface area contributed by atoms with Crippen molar-refractivity contribution >= 4 is 5.91 Å². The van der Waals surface area contributed by atoms with Crippen LogP contribution in [0.5, 0.6) is 0 Å². The lowest BCUT2D eigenvalue weighted by Crippen LogP contribution is -2.37. The Morgan fingerprint density at radius 2 is 1.96 bits per heavy atom. The molecular weight excluding hydrogens is 286 g/mol. The zero-order valence-corrected chi connectivity index (χ0v) is 13.8. The average molecular weight is 311 g/mol. The molecule has 1 amide bonds. The van der Waals surface area contributed by atoms with Gasteiger partial charge in [-0.25, -0.2) is 0 Å². The van der Waals surface area contributed by atoms with Gasteiger partial charge in [0, 0.05) is 18.8 Å². The van der Waals surface area contributed by atoms with Crippen molar-refractivity contribution in [3.05, 3.63) is 47.2 Å². The smallest absolute Gasteiger partial charge is 0.263 e. The highest BCUT2D eigenvalue weighted by Gasteiger charge is 2.17. The van der Waals surface area contributed by atoms with Crippen LogP contribution in [-0.2, 0) is 11.2 Å². The SMILES string of the molecule is Cc1ccc(CCN/C=C(/C#N)C(=O)NC2CCCCC2)cc1. The molecule has 1 aliphatic rings. The van der Waals surface area contributed by atoms with E-state index in [4.69, 9.17) is 5.26 Å². The van der Waals surface area contributed by atoms with Crippen LogP contribution >= 0.6 is 0 Å². The van der Waals surface area contributed by atoms with E-state index in [-0.39, 0.29) is 17.5 Å². The van der Waals surface area contributed by atoms with E-state index in [0.717, 1.165) is 32.1 Å². The first-order valence-electron chi connectivity index (χ1n) is 8.39. The molecule has 122 valence electrons. The molecule has 2 N–H and O–H groups in total. The van der Waals surface area contributed by atoms with Crippen molar-refractivity contribution in [3.8, 4) is 6.07 Å². The van der Waals surface area contributed by atoms with Crippen LogP contribution in [0.1, 0.15) is 43.2 Å². The summed E-state index contributed by atoms with van der Waals surface area (Å²) in [6.07, 6.45) is 7.99. The van der Waals surface area contributed by atoms with E-state index in [9.17, 15) is 4.79 Å². The van der Waals surface area contributed by atoms with Crippen molar-refractivity contribution < 1.29 is 4.79 Å². The fraction of sp³-hybridized carbons (Fsp3) is 0.474. The normalized spacial score (nSPS) is 15.7. The molecule has 1 fully saturated rings. The molecule has 2 rings (SSSR count). The van der Waals surface area contributed by atoms with Crippen LogP contribution < -0.4 is 10.6 Å². The van der Waals surface area contributed by atoms with Gasteiger partial charge in [0.25, 0.3) is 5.91 Å². The molecule has 0 spiro atoms. The molecule has 0 atom stereocenters. The number of carbonyl (C=O) groups is 1. The van der Waals surface area contributed by atoms with Crippen LogP contribution in [0.4, 0.5) is 0 Å². The second kappa shape index (κ2) is 8.99. The zero-order valence-electron chi connectivity index (χ0n) is 13.8. The predicted molar refractivity (Wildman–Crippen MR) is 91.6 cm³/mol. The van der Waals surface area contributed by atoms with E-state index in [1.54, 1.807) is 0 Å². The van der Waals surface area contributed by atoms with E-state index in [2.05, 4.69) is 41.8 Å². The van der Waals surface area contributed by atoms with Gasteiger partial charge in [0.2, 0.25) is 0 Å². The lowest BCUT2D eigenvalue weighted by atomic mass is 9.95. The highest BCUT2D eigenvalue weighted by atomic mass is 16.1. The molecule has 23 heavy (non-hydrogen) atoms. The maximum Gasteiger partial charge on any atom is 0.263 e. The number of nitrogens with one attached hydrogen (secondary N) is 2. The maximum absolute atomic E-state index is 12.1. The van der Waals surface area contributed by atoms with Gasteiger partial charge in [-0.15, -0.1) is 0 Å². The van der Waals surface area contributed by atoms with Crippen molar-refractivity contribution in [1.29, 1.82) is 5.26 Å². The Morgan fingerprint density at radius 3 is 2.61 bits per heavy atom. The van der Waals surface area contributed by atoms with Crippen LogP contribution in [0, 0.1) is 18.3 Å². The topological polar surface area (TPSA) is 64.9 Å². The molecule has 1 aromatic carbocycles. The molecule has 1 aliphatic carbocycles. The third-order valence-electron chi connectivity index (χ3n) is 4.23. The number of hydrogen-bond donors (Lipinski definition) is 2. The van der Waals surface area contributed by atoms with Crippen molar-refractivity contribution in [3.63, 3.8) is 0 Å². The van der Waals surface area contributed by atoms with E-state index in [1.165, 1.54) is 23.7 Å². The molecular formula is C19H25N3O. The van der Waals surface area contributed by atoms with E-state index in [0.29, 0.717) is 6.54 Å². The summed E-state index contributed by atoms with van der Waals surface area (Å²) >= 11 is 0. The van der Waals surface area contributed by atoms with E-state index >= 15 is 0 Å². The first-order valence-corrected chi connectivity index (χ1v) is 8.39. The Hall–Kier alpha value is -2.28. The van der Waals surface area contributed by atoms with Crippen LogP contribution in [0.2, 0.25) is 0 Å². The van der Waals surface area contributed by atoms with Gasteiger partial charge in [0.15, 0.2) is 0 Å². The van der Waals surface area contributed by atoms with Gasteiger partial charge in [0.1, 0.15) is 11.6 Å². The highest BCUT2D eigenvalue weighted by Crippen LogP contribution is 2.17. The largest absolute Gasteiger partial charge is 0.389 e. The van der Waals surface area contributed by atoms with Gasteiger partial charge in [-0.3, -0.25) is 4.79 Å². The lowest BCUT2D eigenvalue weighted by Gasteiger charge is -2.22. The fourth-order valence-electron chi connectivity index (χ4n) is 2.80. The zero-order chi connectivity index (χ0) is 16.5. The fourth-order valence-corrected chi connectivity index (χ4v) is 2.80. The van der Waals surface area contributed by atoms with E-state index in [1.807, 2.05) is 6.07 Å². The molecule has 1 aromatic rings. The monoisotopic (exact) mass is 311 g/mol. The summed E-state index contributed by atoms with van der Waals surface area (Å²) in [7, 11) is 0. The van der Waals surface area contributed by atoms with Crippen LogP contribution in [0.3, 0.4) is 0 Å². The van der Waals surface area contributed by atoms with Crippen molar-refractivity contribution in [1.82, 2.24) is 10.6 Å². The predicted octanol–water partition coefficient (Wildman–Crippen LogP) is 2.98. The first-order chi connectivity index (χ1) is 11.2. The second-order valence-electron chi connectivity index (χ2n) is 6.17. The van der Waals surface area contributed by atoms with Crippen LogP contribution in [-0.4, -0.2) is 18.5 Å². The van der Waals surface area contributed by atoms with Gasteiger partial charge < -0.3 is 10.6 Å². The highest BCUT2D eigenvalue weighted by molar-refractivity contribution is 5.97. The molecule has 0 heterocycles. The van der Waals surface area contributed by atoms with Crippen LogP contribution in [0.15, 0.2) is 36.0 Å². The van der Waals surface area contributed by atoms with Gasteiger partial charge in [-0.1, -0.05) is 49.1 Å². The number of rotatable bonds is 6. The molecule has 0 bridgehead atoms. The quantitative estimate of drug-likeness (QED) is 0.482. The van der Waals surface area contributed by atoms with Crippen molar-refractivity contribution in [2.75, 3.05) is 6.54 Å². The Kier molecular flexibility index (Phi) is 6.68. The number of carbonyl (C=O) groups excluding carboxylic acids is 1. The Bertz CT molecular complexity index is 578. The van der Waals surface area contributed by atoms with Crippen LogP contribution in [0.25, 0.3) is 0 Å². The molecule has 1 saturated carbocycles. The van der Waals surface area contributed by atoms with Crippen molar-refractivity contribution in [2.45, 2.75) is 51.5 Å². The molecule has 0 saturated heterocycles. The molecule has 0 radical (unpaired) electrons. The van der Waals surface area contributed by atoms with Gasteiger partial charge >= 0.3 is 0 Å². The lowest BCUT2D eigenvalue weighted by molar-refractivity contribution is -0.118. The Morgan fingerprint density at radius 1 is 1.26 bits per heavy atom. The van der Waals surface area contributed by atoms with E-state index < -0.39 is 0 Å². The Labute approximate surface area is 138 Å². The molecule has 0 aromatic heterocycles. The number of nitrogens with zero attached hydrogens (tertiary/aromatic N) is 1. The summed E-state index contributed by atoms with van der Waals surface area (Å²) in [5, 5.41) is 15.2. The standard InChI is InChI=1S/C19H25N3O/c1-15-7-9-16(10-8-15)11-12-21-14-17(13-20)19(23)22-18-5-3-2-4-6-18/h7-10,14,18,21H,2-6,11-12H2,1H3,(H,22,23)/b17-14-. The summed E-state index contributed by atoms with van der Waals surface area (Å²) in [5.41, 5.74) is 2.63. The minimum atomic E-state index is -0.262. The molecule has 0 unspecified atom stereocenters. The van der Waals surface area contributed by atoms with Gasteiger partial charge in [0.05, 0.1) is 0 Å². The number of nitriles is 1. The number of amides is 1. The third-order valence-corrected chi connectivity index (χ3v) is 4.23. The number of aryl methyl sites for hydroxylation is 1. The summed E-state index contributed by atoms with van der Waals surface area (Å²) in [4.78, 5) is 12.1.